The monoisotopic (exact) mass is 363 g/mol. The van der Waals surface area contributed by atoms with Gasteiger partial charge in [-0.25, -0.2) is 4.98 Å². The predicted octanol–water partition coefficient (Wildman–Crippen LogP) is 5.28. The molecule has 0 aliphatic carbocycles. The molecule has 0 unspecified atom stereocenters. The zero-order valence-corrected chi connectivity index (χ0v) is 15.7. The largest absolute Gasteiger partial charge is 0.372 e. The lowest BCUT2D eigenvalue weighted by Gasteiger charge is -2.20. The fourth-order valence-electron chi connectivity index (χ4n) is 3.09. The number of anilines is 3. The molecule has 0 amide bonds. The second-order valence-electron chi connectivity index (χ2n) is 6.02. The minimum absolute atomic E-state index is 0.876. The molecule has 0 aliphatic rings. The standard InChI is InChI=1S/C20H21N5S/c1-3-25(4-2)15-10-8-14(9-11-15)19-13-26-20(23-19)22-17-6-5-7-18-16(17)12-21-24-18/h5-13H,3-4H2,1-2H3,(H,21,24)(H,22,23). The molecule has 0 aliphatic heterocycles. The van der Waals surface area contributed by atoms with Crippen molar-refractivity contribution < 1.29 is 0 Å². The SMILES string of the molecule is CCN(CC)c1ccc(-c2csc(Nc3cccc4[nH]ncc34)n2)cc1. The summed E-state index contributed by atoms with van der Waals surface area (Å²) in [5.41, 5.74) is 5.39. The molecule has 5 nitrogen and oxygen atoms in total. The zero-order chi connectivity index (χ0) is 17.9. The molecule has 26 heavy (non-hydrogen) atoms. The number of H-pyrrole nitrogens is 1. The number of hydrogen-bond acceptors (Lipinski definition) is 5. The highest BCUT2D eigenvalue weighted by atomic mass is 32.1. The summed E-state index contributed by atoms with van der Waals surface area (Å²) in [6.45, 7) is 6.38. The van der Waals surface area contributed by atoms with Crippen LogP contribution in [0.4, 0.5) is 16.5 Å². The van der Waals surface area contributed by atoms with Gasteiger partial charge in [0.2, 0.25) is 0 Å². The van der Waals surface area contributed by atoms with Crippen LogP contribution in [0.1, 0.15) is 13.8 Å². The maximum absolute atomic E-state index is 4.74. The molecule has 4 rings (SSSR count). The van der Waals surface area contributed by atoms with Crippen molar-refractivity contribution in [2.75, 3.05) is 23.3 Å². The van der Waals surface area contributed by atoms with Crippen molar-refractivity contribution in [1.29, 1.82) is 0 Å². The van der Waals surface area contributed by atoms with Gasteiger partial charge in [-0.3, -0.25) is 5.10 Å². The number of nitrogens with one attached hydrogen (secondary N) is 2. The van der Waals surface area contributed by atoms with Crippen LogP contribution in [0.2, 0.25) is 0 Å². The van der Waals surface area contributed by atoms with E-state index in [2.05, 4.69) is 63.9 Å². The van der Waals surface area contributed by atoms with E-state index in [4.69, 9.17) is 4.98 Å². The molecule has 0 saturated heterocycles. The average molecular weight is 363 g/mol. The summed E-state index contributed by atoms with van der Waals surface area (Å²) in [4.78, 5) is 7.08. The Labute approximate surface area is 156 Å². The smallest absolute Gasteiger partial charge is 0.187 e. The summed E-state index contributed by atoms with van der Waals surface area (Å²) < 4.78 is 0. The van der Waals surface area contributed by atoms with Gasteiger partial charge >= 0.3 is 0 Å². The first-order chi connectivity index (χ1) is 12.8. The predicted molar refractivity (Wildman–Crippen MR) is 110 cm³/mol. The lowest BCUT2D eigenvalue weighted by atomic mass is 10.1. The third kappa shape index (κ3) is 3.15. The Hall–Kier alpha value is -2.86. The molecule has 6 heteroatoms. The third-order valence-corrected chi connectivity index (χ3v) is 5.28. The molecule has 2 aromatic heterocycles. The minimum atomic E-state index is 0.876. The van der Waals surface area contributed by atoms with Crippen LogP contribution >= 0.6 is 11.3 Å². The van der Waals surface area contributed by atoms with Crippen molar-refractivity contribution in [3.63, 3.8) is 0 Å². The van der Waals surface area contributed by atoms with E-state index in [-0.39, 0.29) is 0 Å². The first-order valence-electron chi connectivity index (χ1n) is 8.78. The molecule has 0 spiro atoms. The van der Waals surface area contributed by atoms with Gasteiger partial charge in [-0.05, 0) is 38.1 Å². The van der Waals surface area contributed by atoms with Gasteiger partial charge in [-0.1, -0.05) is 18.2 Å². The zero-order valence-electron chi connectivity index (χ0n) is 14.9. The Morgan fingerprint density at radius 1 is 1.08 bits per heavy atom. The molecule has 0 radical (unpaired) electrons. The lowest BCUT2D eigenvalue weighted by molar-refractivity contribution is 0.866. The normalized spacial score (nSPS) is 11.0. The van der Waals surface area contributed by atoms with Crippen LogP contribution in [0.5, 0.6) is 0 Å². The van der Waals surface area contributed by atoms with E-state index >= 15 is 0 Å². The summed E-state index contributed by atoms with van der Waals surface area (Å²) in [5, 5.41) is 14.5. The summed E-state index contributed by atoms with van der Waals surface area (Å²) >= 11 is 1.61. The first kappa shape index (κ1) is 16.6. The van der Waals surface area contributed by atoms with Crippen LogP contribution in [0.15, 0.2) is 54.0 Å². The van der Waals surface area contributed by atoms with Gasteiger partial charge < -0.3 is 10.2 Å². The Morgan fingerprint density at radius 3 is 2.65 bits per heavy atom. The molecular weight excluding hydrogens is 342 g/mol. The van der Waals surface area contributed by atoms with Gasteiger partial charge in [0, 0.05) is 35.1 Å². The quantitative estimate of drug-likeness (QED) is 0.489. The van der Waals surface area contributed by atoms with Crippen LogP contribution in [0.3, 0.4) is 0 Å². The van der Waals surface area contributed by atoms with E-state index in [1.165, 1.54) is 5.69 Å². The van der Waals surface area contributed by atoms with E-state index in [0.29, 0.717) is 0 Å². The van der Waals surface area contributed by atoms with Crippen molar-refractivity contribution in [2.24, 2.45) is 0 Å². The lowest BCUT2D eigenvalue weighted by Crippen LogP contribution is -2.21. The number of fused-ring (bicyclic) bond motifs is 1. The Balaban J connectivity index is 1.55. The van der Waals surface area contributed by atoms with Crippen molar-refractivity contribution in [2.45, 2.75) is 13.8 Å². The van der Waals surface area contributed by atoms with E-state index in [1.54, 1.807) is 11.3 Å². The van der Waals surface area contributed by atoms with Gasteiger partial charge in [0.1, 0.15) is 0 Å². The molecular formula is C20H21N5S. The summed E-state index contributed by atoms with van der Waals surface area (Å²) in [6, 6.07) is 14.7. The highest BCUT2D eigenvalue weighted by Gasteiger charge is 2.08. The Morgan fingerprint density at radius 2 is 1.88 bits per heavy atom. The molecule has 0 atom stereocenters. The topological polar surface area (TPSA) is 56.8 Å². The first-order valence-corrected chi connectivity index (χ1v) is 9.66. The van der Waals surface area contributed by atoms with Crippen LogP contribution in [0, 0.1) is 0 Å². The minimum Gasteiger partial charge on any atom is -0.372 e. The van der Waals surface area contributed by atoms with E-state index < -0.39 is 0 Å². The Kier molecular flexibility index (Phi) is 4.58. The number of rotatable bonds is 6. The number of aromatic amines is 1. The van der Waals surface area contributed by atoms with Gasteiger partial charge in [0.15, 0.2) is 5.13 Å². The number of benzene rings is 2. The van der Waals surface area contributed by atoms with E-state index in [0.717, 1.165) is 46.1 Å². The van der Waals surface area contributed by atoms with Gasteiger partial charge in [0.05, 0.1) is 23.1 Å². The molecule has 2 aromatic carbocycles. The highest BCUT2D eigenvalue weighted by molar-refractivity contribution is 7.14. The van der Waals surface area contributed by atoms with Gasteiger partial charge in [-0.15, -0.1) is 11.3 Å². The van der Waals surface area contributed by atoms with Gasteiger partial charge in [-0.2, -0.15) is 5.10 Å². The Bertz CT molecular complexity index is 998. The van der Waals surface area contributed by atoms with Crippen molar-refractivity contribution >= 4 is 38.7 Å². The molecule has 2 N–H and O–H groups in total. The third-order valence-electron chi connectivity index (χ3n) is 4.52. The second-order valence-corrected chi connectivity index (χ2v) is 6.88. The van der Waals surface area contributed by atoms with Crippen LogP contribution < -0.4 is 10.2 Å². The highest BCUT2D eigenvalue weighted by Crippen LogP contribution is 2.30. The molecule has 0 saturated carbocycles. The fourth-order valence-corrected chi connectivity index (χ4v) is 3.82. The van der Waals surface area contributed by atoms with E-state index in [1.807, 2.05) is 24.4 Å². The molecule has 0 bridgehead atoms. The van der Waals surface area contributed by atoms with E-state index in [9.17, 15) is 0 Å². The van der Waals surface area contributed by atoms with Crippen molar-refractivity contribution in [3.8, 4) is 11.3 Å². The molecule has 2 heterocycles. The van der Waals surface area contributed by atoms with Crippen LogP contribution in [0.25, 0.3) is 22.2 Å². The van der Waals surface area contributed by atoms with Crippen LogP contribution in [-0.2, 0) is 0 Å². The fraction of sp³-hybridized carbons (Fsp3) is 0.200. The number of aromatic nitrogens is 3. The van der Waals surface area contributed by atoms with Crippen molar-refractivity contribution in [3.05, 3.63) is 54.0 Å². The maximum atomic E-state index is 4.74. The average Bonchev–Trinajstić information content (AvgIpc) is 3.33. The summed E-state index contributed by atoms with van der Waals surface area (Å²) in [7, 11) is 0. The number of nitrogens with zero attached hydrogens (tertiary/aromatic N) is 3. The molecule has 0 fully saturated rings. The van der Waals surface area contributed by atoms with Gasteiger partial charge in [0.25, 0.3) is 0 Å². The van der Waals surface area contributed by atoms with Crippen molar-refractivity contribution in [1.82, 2.24) is 15.2 Å². The van der Waals surface area contributed by atoms with Crippen LogP contribution in [-0.4, -0.2) is 28.3 Å². The second kappa shape index (κ2) is 7.17. The molecule has 4 aromatic rings. The number of hydrogen-bond donors (Lipinski definition) is 2. The number of thiazole rings is 1. The maximum Gasteiger partial charge on any atom is 0.187 e. The summed E-state index contributed by atoms with van der Waals surface area (Å²) in [6.07, 6.45) is 1.83. The summed E-state index contributed by atoms with van der Waals surface area (Å²) in [5.74, 6) is 0. The molecule has 132 valence electrons.